The lowest BCUT2D eigenvalue weighted by Gasteiger charge is -2.14. The van der Waals surface area contributed by atoms with E-state index in [1.807, 2.05) is 11.6 Å². The maximum atomic E-state index is 11.6. The van der Waals surface area contributed by atoms with Crippen LogP contribution in [0.15, 0.2) is 0 Å². The van der Waals surface area contributed by atoms with E-state index >= 15 is 0 Å². The molecule has 0 aromatic rings. The van der Waals surface area contributed by atoms with E-state index in [-0.39, 0.29) is 5.92 Å². The molecule has 0 aromatic carbocycles. The van der Waals surface area contributed by atoms with Gasteiger partial charge in [0.05, 0.1) is 10.8 Å². The summed E-state index contributed by atoms with van der Waals surface area (Å²) >= 11 is 0. The van der Waals surface area contributed by atoms with Crippen LogP contribution in [0, 0.1) is 5.92 Å². The average molecular weight is 234 g/mol. The predicted octanol–water partition coefficient (Wildman–Crippen LogP) is -0.0318. The van der Waals surface area contributed by atoms with Gasteiger partial charge in [0.2, 0.25) is 10.0 Å². The fraction of sp³-hybridized carbons (Fsp3) is 0.889. The van der Waals surface area contributed by atoms with Crippen LogP contribution < -0.4 is 10.5 Å². The zero-order chi connectivity index (χ0) is 11.9. The fourth-order valence-electron chi connectivity index (χ4n) is 1.48. The highest BCUT2D eigenvalue weighted by molar-refractivity contribution is 7.90. The van der Waals surface area contributed by atoms with Gasteiger partial charge in [0.15, 0.2) is 0 Å². The van der Waals surface area contributed by atoms with Gasteiger partial charge >= 0.3 is 0 Å². The van der Waals surface area contributed by atoms with E-state index in [4.69, 9.17) is 5.73 Å². The largest absolute Gasteiger partial charge is 0.317 e. The van der Waals surface area contributed by atoms with Crippen LogP contribution in [-0.2, 0) is 14.8 Å². The average Bonchev–Trinajstić information content (AvgIpc) is 2.78. The summed E-state index contributed by atoms with van der Waals surface area (Å²) in [7, 11) is -3.55. The second-order valence-corrected chi connectivity index (χ2v) is 6.61. The number of nitrogens with two attached hydrogens (primary N) is 1. The van der Waals surface area contributed by atoms with Crippen molar-refractivity contribution in [3.8, 4) is 0 Å². The van der Waals surface area contributed by atoms with Crippen molar-refractivity contribution >= 4 is 15.9 Å². The fourth-order valence-corrected chi connectivity index (χ4v) is 2.16. The Morgan fingerprint density at radius 2 is 2.13 bits per heavy atom. The first-order valence-electron chi connectivity index (χ1n) is 5.09. The molecule has 5 nitrogen and oxygen atoms in total. The van der Waals surface area contributed by atoms with E-state index in [0.29, 0.717) is 6.42 Å². The molecule has 1 saturated carbocycles. The number of carbonyl (C=O) groups is 1. The van der Waals surface area contributed by atoms with E-state index < -0.39 is 26.7 Å². The van der Waals surface area contributed by atoms with Crippen LogP contribution in [0.2, 0.25) is 0 Å². The Balaban J connectivity index is 2.66. The Hall–Kier alpha value is -0.620. The Bertz CT molecular complexity index is 364. The molecule has 0 unspecified atom stereocenters. The Morgan fingerprint density at radius 3 is 2.47 bits per heavy atom. The molecule has 0 saturated heterocycles. The second kappa shape index (κ2) is 3.75. The van der Waals surface area contributed by atoms with Crippen molar-refractivity contribution in [1.29, 1.82) is 0 Å². The van der Waals surface area contributed by atoms with E-state index in [2.05, 4.69) is 0 Å². The Labute approximate surface area is 90.5 Å². The van der Waals surface area contributed by atoms with Crippen molar-refractivity contribution in [2.24, 2.45) is 11.7 Å². The van der Waals surface area contributed by atoms with Gasteiger partial charge in [-0.2, -0.15) is 0 Å². The predicted molar refractivity (Wildman–Crippen MR) is 57.5 cm³/mol. The summed E-state index contributed by atoms with van der Waals surface area (Å²) in [6, 6.07) is 0. The van der Waals surface area contributed by atoms with Crippen LogP contribution in [0.5, 0.6) is 0 Å². The summed E-state index contributed by atoms with van der Waals surface area (Å²) < 4.78 is 24.9. The van der Waals surface area contributed by atoms with Crippen LogP contribution in [0.3, 0.4) is 0 Å². The summed E-state index contributed by atoms with van der Waals surface area (Å²) in [6.45, 7) is 4.97. The highest BCUT2D eigenvalue weighted by Gasteiger charge is 2.56. The van der Waals surface area contributed by atoms with Crippen molar-refractivity contribution in [3.05, 3.63) is 0 Å². The minimum Gasteiger partial charge on any atom is -0.317 e. The molecule has 0 aliphatic heterocycles. The van der Waals surface area contributed by atoms with Crippen LogP contribution in [0.4, 0.5) is 0 Å². The second-order valence-electron chi connectivity index (χ2n) is 4.37. The lowest BCUT2D eigenvalue weighted by atomic mass is 10.2. The topological polar surface area (TPSA) is 89.3 Å². The normalized spacial score (nSPS) is 30.3. The van der Waals surface area contributed by atoms with Crippen molar-refractivity contribution in [2.45, 2.75) is 44.4 Å². The molecular formula is C9H18N2O3S. The first-order chi connectivity index (χ1) is 6.74. The molecule has 2 atom stereocenters. The quantitative estimate of drug-likeness (QED) is 0.714. The number of rotatable bonds is 4. The number of sulfonamides is 1. The molecule has 0 radical (unpaired) electrons. The highest BCUT2D eigenvalue weighted by atomic mass is 32.2. The highest BCUT2D eigenvalue weighted by Crippen LogP contribution is 2.43. The monoisotopic (exact) mass is 234 g/mol. The van der Waals surface area contributed by atoms with E-state index in [0.717, 1.165) is 6.42 Å². The van der Waals surface area contributed by atoms with Gasteiger partial charge in [-0.15, -0.1) is 0 Å². The SMILES string of the molecule is CC[C@H]1C[C@@]1(N)C(=O)NS(=O)(=O)C(C)C. The van der Waals surface area contributed by atoms with E-state index in [9.17, 15) is 13.2 Å². The van der Waals surface area contributed by atoms with Gasteiger partial charge in [-0.1, -0.05) is 13.3 Å². The lowest BCUT2D eigenvalue weighted by molar-refractivity contribution is -0.121. The Morgan fingerprint density at radius 1 is 1.60 bits per heavy atom. The van der Waals surface area contributed by atoms with Gasteiger partial charge in [-0.3, -0.25) is 9.52 Å². The minimum absolute atomic E-state index is 0.111. The molecule has 3 N–H and O–H groups in total. The van der Waals surface area contributed by atoms with E-state index in [1.54, 1.807) is 0 Å². The van der Waals surface area contributed by atoms with Gasteiger partial charge in [0.25, 0.3) is 5.91 Å². The van der Waals surface area contributed by atoms with E-state index in [1.165, 1.54) is 13.8 Å². The summed E-state index contributed by atoms with van der Waals surface area (Å²) in [4.78, 5) is 11.6. The van der Waals surface area contributed by atoms with Gasteiger partial charge in [-0.25, -0.2) is 8.42 Å². The van der Waals surface area contributed by atoms with Crippen LogP contribution in [-0.4, -0.2) is 25.1 Å². The molecule has 0 aromatic heterocycles. The van der Waals surface area contributed by atoms with Crippen molar-refractivity contribution in [1.82, 2.24) is 4.72 Å². The zero-order valence-corrected chi connectivity index (χ0v) is 10.1. The van der Waals surface area contributed by atoms with Crippen molar-refractivity contribution in [2.75, 3.05) is 0 Å². The van der Waals surface area contributed by atoms with Gasteiger partial charge < -0.3 is 5.73 Å². The summed E-state index contributed by atoms with van der Waals surface area (Å²) in [6.07, 6.45) is 1.37. The number of hydrogen-bond donors (Lipinski definition) is 2. The van der Waals surface area contributed by atoms with Gasteiger partial charge in [0.1, 0.15) is 0 Å². The third-order valence-corrected chi connectivity index (χ3v) is 4.63. The third-order valence-electron chi connectivity index (χ3n) is 2.92. The van der Waals surface area contributed by atoms with Gasteiger partial charge in [-0.05, 0) is 26.2 Å². The number of carbonyl (C=O) groups excluding carboxylic acids is 1. The molecule has 1 amide bonds. The Kier molecular flexibility index (Phi) is 3.11. The number of hydrogen-bond acceptors (Lipinski definition) is 4. The zero-order valence-electron chi connectivity index (χ0n) is 9.28. The maximum Gasteiger partial charge on any atom is 0.253 e. The molecule has 1 fully saturated rings. The minimum atomic E-state index is -3.55. The first-order valence-corrected chi connectivity index (χ1v) is 6.63. The van der Waals surface area contributed by atoms with Gasteiger partial charge in [0, 0.05) is 0 Å². The molecule has 0 spiro atoms. The molecule has 0 bridgehead atoms. The molecule has 1 rings (SSSR count). The lowest BCUT2D eigenvalue weighted by Crippen LogP contribution is -2.48. The summed E-state index contributed by atoms with van der Waals surface area (Å²) in [5.41, 5.74) is 4.81. The molecule has 1 aliphatic carbocycles. The van der Waals surface area contributed by atoms with Crippen LogP contribution in [0.1, 0.15) is 33.6 Å². The van der Waals surface area contributed by atoms with Crippen molar-refractivity contribution in [3.63, 3.8) is 0 Å². The molecule has 15 heavy (non-hydrogen) atoms. The summed E-state index contributed by atoms with van der Waals surface area (Å²) in [5.74, 6) is -0.456. The molecular weight excluding hydrogens is 216 g/mol. The molecule has 88 valence electrons. The standard InChI is InChI=1S/C9H18N2O3S/c1-4-7-5-9(7,10)8(12)11-15(13,14)6(2)3/h6-7H,4-5,10H2,1-3H3,(H,11,12)/t7-,9-/m0/s1. The maximum absolute atomic E-state index is 11.6. The smallest absolute Gasteiger partial charge is 0.253 e. The van der Waals surface area contributed by atoms with Crippen LogP contribution in [0.25, 0.3) is 0 Å². The summed E-state index contributed by atoms with van der Waals surface area (Å²) in [5, 5.41) is -0.621. The molecule has 0 heterocycles. The van der Waals surface area contributed by atoms with Crippen LogP contribution >= 0.6 is 0 Å². The first kappa shape index (κ1) is 12.4. The molecule has 1 aliphatic rings. The third kappa shape index (κ3) is 2.31. The number of amides is 1. The van der Waals surface area contributed by atoms with Crippen molar-refractivity contribution < 1.29 is 13.2 Å². The molecule has 6 heteroatoms. The number of nitrogens with one attached hydrogen (secondary N) is 1.